The van der Waals surface area contributed by atoms with E-state index in [-0.39, 0.29) is 19.0 Å². The number of benzene rings is 1. The van der Waals surface area contributed by atoms with Crippen molar-refractivity contribution in [3.63, 3.8) is 0 Å². The van der Waals surface area contributed by atoms with Crippen molar-refractivity contribution in [1.82, 2.24) is 9.88 Å². The molecular weight excluding hydrogens is 323 g/mol. The number of β-amino-alcohol motifs (C(OH)–C–C–N with tert-alkyl or cyclic N) is 1. The molecule has 0 spiro atoms. The average molecular weight is 346 g/mol. The van der Waals surface area contributed by atoms with E-state index in [0.29, 0.717) is 25.4 Å². The average Bonchev–Trinajstić information content (AvgIpc) is 2.78. The second-order valence-corrected chi connectivity index (χ2v) is 6.54. The quantitative estimate of drug-likeness (QED) is 0.899. The van der Waals surface area contributed by atoms with E-state index in [0.717, 1.165) is 17.8 Å². The summed E-state index contributed by atoms with van der Waals surface area (Å²) in [6.07, 6.45) is 1.86. The van der Waals surface area contributed by atoms with Crippen molar-refractivity contribution in [2.24, 2.45) is 0 Å². The largest absolute Gasteiger partial charge is 0.490 e. The molecule has 1 aliphatic rings. The lowest BCUT2D eigenvalue weighted by Crippen LogP contribution is -2.48. The molecule has 0 saturated carbocycles. The second-order valence-electron chi connectivity index (χ2n) is 6.54. The van der Waals surface area contributed by atoms with E-state index in [1.54, 1.807) is 12.1 Å². The zero-order valence-corrected chi connectivity index (χ0v) is 14.3. The molecule has 1 atom stereocenters. The van der Waals surface area contributed by atoms with Crippen LogP contribution in [0.2, 0.25) is 0 Å². The molecule has 3 rings (SSSR count). The fourth-order valence-electron chi connectivity index (χ4n) is 2.82. The molecule has 1 fully saturated rings. The van der Waals surface area contributed by atoms with Gasteiger partial charge in [0.05, 0.1) is 13.2 Å². The van der Waals surface area contributed by atoms with Gasteiger partial charge in [-0.1, -0.05) is 6.07 Å². The van der Waals surface area contributed by atoms with Crippen LogP contribution in [0, 0.1) is 12.7 Å². The van der Waals surface area contributed by atoms with Gasteiger partial charge in [-0.25, -0.2) is 4.39 Å². The van der Waals surface area contributed by atoms with Crippen LogP contribution in [0.1, 0.15) is 11.3 Å². The molecule has 1 unspecified atom stereocenters. The van der Waals surface area contributed by atoms with E-state index in [4.69, 9.17) is 9.47 Å². The SMILES string of the molecule is Cc1ccc(CN2CCOCC(O)(COc3ccc(F)cc3)C2)cn1. The van der Waals surface area contributed by atoms with Gasteiger partial charge in [-0.3, -0.25) is 9.88 Å². The van der Waals surface area contributed by atoms with Crippen LogP contribution in [-0.2, 0) is 11.3 Å². The van der Waals surface area contributed by atoms with Gasteiger partial charge in [-0.05, 0) is 42.8 Å². The predicted molar refractivity (Wildman–Crippen MR) is 91.9 cm³/mol. The number of pyridine rings is 1. The molecule has 1 aromatic carbocycles. The van der Waals surface area contributed by atoms with Crippen molar-refractivity contribution in [1.29, 1.82) is 0 Å². The van der Waals surface area contributed by atoms with E-state index < -0.39 is 5.60 Å². The fourth-order valence-corrected chi connectivity index (χ4v) is 2.82. The van der Waals surface area contributed by atoms with E-state index in [2.05, 4.69) is 9.88 Å². The first kappa shape index (κ1) is 17.8. The van der Waals surface area contributed by atoms with Crippen LogP contribution in [-0.4, -0.2) is 53.5 Å². The maximum absolute atomic E-state index is 13.0. The molecule has 5 nitrogen and oxygen atoms in total. The van der Waals surface area contributed by atoms with Gasteiger partial charge in [-0.2, -0.15) is 0 Å². The lowest BCUT2D eigenvalue weighted by molar-refractivity contribution is -0.0646. The number of aliphatic hydroxyl groups is 1. The maximum Gasteiger partial charge on any atom is 0.134 e. The fraction of sp³-hybridized carbons (Fsp3) is 0.421. The monoisotopic (exact) mass is 346 g/mol. The van der Waals surface area contributed by atoms with Crippen molar-refractivity contribution in [2.45, 2.75) is 19.1 Å². The smallest absolute Gasteiger partial charge is 0.134 e. The highest BCUT2D eigenvalue weighted by Crippen LogP contribution is 2.18. The standard InChI is InChI=1S/C19H23FN2O3/c1-15-2-3-16(10-21-15)11-22-8-9-24-13-19(23,12-22)14-25-18-6-4-17(20)5-7-18/h2-7,10,23H,8-9,11-14H2,1H3. The van der Waals surface area contributed by atoms with Gasteiger partial charge in [0, 0.05) is 31.5 Å². The van der Waals surface area contributed by atoms with E-state index >= 15 is 0 Å². The number of hydrogen-bond acceptors (Lipinski definition) is 5. The number of halogens is 1. The molecule has 1 aromatic heterocycles. The molecule has 0 bridgehead atoms. The molecule has 0 radical (unpaired) electrons. The summed E-state index contributed by atoms with van der Waals surface area (Å²) in [6.45, 7) is 4.65. The molecule has 1 N–H and O–H groups in total. The van der Waals surface area contributed by atoms with Gasteiger partial charge in [0.2, 0.25) is 0 Å². The Hall–Kier alpha value is -2.02. The van der Waals surface area contributed by atoms with Crippen molar-refractivity contribution >= 4 is 0 Å². The second kappa shape index (κ2) is 7.91. The summed E-state index contributed by atoms with van der Waals surface area (Å²) in [4.78, 5) is 6.44. The number of rotatable bonds is 5. The van der Waals surface area contributed by atoms with Gasteiger partial charge in [0.15, 0.2) is 0 Å². The van der Waals surface area contributed by atoms with E-state index in [1.807, 2.05) is 25.3 Å². The lowest BCUT2D eigenvalue weighted by Gasteiger charge is -2.30. The number of aromatic nitrogens is 1. The Bertz CT molecular complexity index is 678. The Morgan fingerprint density at radius 1 is 1.28 bits per heavy atom. The van der Waals surface area contributed by atoms with Crippen LogP contribution in [0.4, 0.5) is 4.39 Å². The normalized spacial score (nSPS) is 21.7. The third-order valence-electron chi connectivity index (χ3n) is 4.14. The molecular formula is C19H23FN2O3. The van der Waals surface area contributed by atoms with Gasteiger partial charge in [0.1, 0.15) is 23.8 Å². The molecule has 1 saturated heterocycles. The molecule has 0 amide bonds. The summed E-state index contributed by atoms with van der Waals surface area (Å²) >= 11 is 0. The summed E-state index contributed by atoms with van der Waals surface area (Å²) in [6, 6.07) is 9.78. The molecule has 0 aliphatic carbocycles. The minimum atomic E-state index is -1.12. The lowest BCUT2D eigenvalue weighted by atomic mass is 10.1. The highest BCUT2D eigenvalue weighted by atomic mass is 19.1. The number of aryl methyl sites for hydroxylation is 1. The van der Waals surface area contributed by atoms with Crippen LogP contribution in [0.25, 0.3) is 0 Å². The zero-order valence-electron chi connectivity index (χ0n) is 14.3. The van der Waals surface area contributed by atoms with Crippen LogP contribution < -0.4 is 4.74 Å². The number of hydrogen-bond donors (Lipinski definition) is 1. The topological polar surface area (TPSA) is 54.8 Å². The minimum absolute atomic E-state index is 0.0846. The summed E-state index contributed by atoms with van der Waals surface area (Å²) in [5.41, 5.74) is 0.949. The first-order valence-electron chi connectivity index (χ1n) is 8.35. The van der Waals surface area contributed by atoms with Crippen LogP contribution in [0.3, 0.4) is 0 Å². The van der Waals surface area contributed by atoms with E-state index in [9.17, 15) is 9.50 Å². The van der Waals surface area contributed by atoms with Crippen molar-refractivity contribution in [2.75, 3.05) is 32.9 Å². The van der Waals surface area contributed by atoms with Gasteiger partial charge in [0.25, 0.3) is 0 Å². The first-order valence-corrected chi connectivity index (χ1v) is 8.35. The number of ether oxygens (including phenoxy) is 2. The van der Waals surface area contributed by atoms with Crippen molar-refractivity contribution in [3.05, 3.63) is 59.7 Å². The molecule has 1 aliphatic heterocycles. The maximum atomic E-state index is 13.0. The van der Waals surface area contributed by atoms with Gasteiger partial charge in [-0.15, -0.1) is 0 Å². The highest BCUT2D eigenvalue weighted by Gasteiger charge is 2.33. The van der Waals surface area contributed by atoms with Crippen LogP contribution in [0.5, 0.6) is 5.75 Å². The van der Waals surface area contributed by atoms with E-state index in [1.165, 1.54) is 12.1 Å². The molecule has 2 aromatic rings. The Balaban J connectivity index is 1.61. The van der Waals surface area contributed by atoms with Gasteiger partial charge >= 0.3 is 0 Å². The van der Waals surface area contributed by atoms with Crippen LogP contribution >= 0.6 is 0 Å². The third-order valence-corrected chi connectivity index (χ3v) is 4.14. The summed E-state index contributed by atoms with van der Waals surface area (Å²) in [5.74, 6) is 0.204. The predicted octanol–water partition coefficient (Wildman–Crippen LogP) is 2.17. The molecule has 134 valence electrons. The van der Waals surface area contributed by atoms with Crippen molar-refractivity contribution < 1.29 is 19.0 Å². The Morgan fingerprint density at radius 3 is 2.80 bits per heavy atom. The summed E-state index contributed by atoms with van der Waals surface area (Å²) in [5, 5.41) is 10.9. The molecule has 25 heavy (non-hydrogen) atoms. The molecule has 6 heteroatoms. The summed E-state index contributed by atoms with van der Waals surface area (Å²) < 4.78 is 24.2. The zero-order chi connectivity index (χ0) is 17.7. The number of nitrogens with zero attached hydrogens (tertiary/aromatic N) is 2. The Labute approximate surface area is 147 Å². The Morgan fingerprint density at radius 2 is 2.08 bits per heavy atom. The van der Waals surface area contributed by atoms with Crippen LogP contribution in [0.15, 0.2) is 42.6 Å². The first-order chi connectivity index (χ1) is 12.0. The molecule has 2 heterocycles. The third kappa shape index (κ3) is 5.22. The summed E-state index contributed by atoms with van der Waals surface area (Å²) in [7, 11) is 0. The highest BCUT2D eigenvalue weighted by molar-refractivity contribution is 5.22. The van der Waals surface area contributed by atoms with Crippen molar-refractivity contribution in [3.8, 4) is 5.75 Å². The minimum Gasteiger partial charge on any atom is -0.490 e. The van der Waals surface area contributed by atoms with Gasteiger partial charge < -0.3 is 14.6 Å². The Kier molecular flexibility index (Phi) is 5.63.